The van der Waals surface area contributed by atoms with E-state index < -0.39 is 42.0 Å². The van der Waals surface area contributed by atoms with Crippen LogP contribution in [0, 0.1) is 11.7 Å². The van der Waals surface area contributed by atoms with Gasteiger partial charge in [-0.3, -0.25) is 4.79 Å². The monoisotopic (exact) mass is 504 g/mol. The number of esters is 1. The second-order valence-corrected chi connectivity index (χ2v) is 9.11. The highest BCUT2D eigenvalue weighted by Crippen LogP contribution is 2.28. The number of ether oxygens (including phenoxy) is 4. The third-order valence-electron chi connectivity index (χ3n) is 5.75. The molecule has 1 aliphatic rings. The van der Waals surface area contributed by atoms with Gasteiger partial charge in [-0.15, -0.1) is 0 Å². The molecule has 4 atom stereocenters. The van der Waals surface area contributed by atoms with Crippen molar-refractivity contribution in [2.24, 2.45) is 5.92 Å². The zero-order valence-electron chi connectivity index (χ0n) is 20.9. The van der Waals surface area contributed by atoms with Gasteiger partial charge in [-0.25, -0.2) is 14.2 Å². The zero-order chi connectivity index (χ0) is 26.2. The van der Waals surface area contributed by atoms with E-state index in [9.17, 15) is 19.1 Å². The van der Waals surface area contributed by atoms with Crippen LogP contribution < -0.4 is 14.8 Å². The number of rotatable bonds is 8. The van der Waals surface area contributed by atoms with E-state index in [4.69, 9.17) is 18.9 Å². The zero-order valence-corrected chi connectivity index (χ0v) is 20.9. The largest absolute Gasteiger partial charge is 0.503 e. The van der Waals surface area contributed by atoms with Crippen molar-refractivity contribution in [1.82, 2.24) is 10.3 Å². The highest BCUT2D eigenvalue weighted by molar-refractivity contribution is 5.97. The van der Waals surface area contributed by atoms with Crippen LogP contribution in [-0.2, 0) is 14.3 Å². The van der Waals surface area contributed by atoms with Crippen molar-refractivity contribution in [1.29, 1.82) is 0 Å². The molecule has 0 unspecified atom stereocenters. The molecule has 36 heavy (non-hydrogen) atoms. The predicted molar refractivity (Wildman–Crippen MR) is 129 cm³/mol. The number of amides is 1. The second-order valence-electron chi connectivity index (χ2n) is 9.11. The number of cyclic esters (lactones) is 1. The number of benzene rings is 1. The minimum absolute atomic E-state index is 0.0896. The molecule has 0 bridgehead atoms. The molecule has 1 saturated heterocycles. The summed E-state index contributed by atoms with van der Waals surface area (Å²) in [6.45, 7) is 6.23. The average molecular weight is 505 g/mol. The topological polar surface area (TPSA) is 116 Å². The molecule has 3 rings (SSSR count). The van der Waals surface area contributed by atoms with Gasteiger partial charge in [0.2, 0.25) is 0 Å². The molecule has 2 aromatic rings. The van der Waals surface area contributed by atoms with Crippen molar-refractivity contribution < 1.29 is 38.0 Å². The van der Waals surface area contributed by atoms with Crippen molar-refractivity contribution in [2.45, 2.75) is 64.4 Å². The Balaban J connectivity index is 1.79. The molecule has 10 heteroatoms. The van der Waals surface area contributed by atoms with E-state index >= 15 is 0 Å². The second kappa shape index (κ2) is 12.5. The minimum atomic E-state index is -0.970. The van der Waals surface area contributed by atoms with Crippen LogP contribution in [0.15, 0.2) is 36.5 Å². The van der Waals surface area contributed by atoms with Crippen molar-refractivity contribution in [3.63, 3.8) is 0 Å². The summed E-state index contributed by atoms with van der Waals surface area (Å²) in [5.74, 6) is -1.39. The van der Waals surface area contributed by atoms with Gasteiger partial charge >= 0.3 is 5.97 Å². The van der Waals surface area contributed by atoms with Gasteiger partial charge in [0.1, 0.15) is 23.7 Å². The van der Waals surface area contributed by atoms with Crippen LogP contribution in [-0.4, -0.2) is 60.0 Å². The van der Waals surface area contributed by atoms with E-state index in [0.29, 0.717) is 25.2 Å². The number of hydrogen-bond acceptors (Lipinski definition) is 8. The number of pyridine rings is 1. The molecule has 1 aromatic heterocycles. The molecule has 1 aliphatic heterocycles. The maximum atomic E-state index is 13.4. The summed E-state index contributed by atoms with van der Waals surface area (Å²) in [6, 6.07) is 6.04. The predicted octanol–water partition coefficient (Wildman–Crippen LogP) is 3.64. The molecule has 196 valence electrons. The van der Waals surface area contributed by atoms with Crippen LogP contribution in [0.4, 0.5) is 4.39 Å². The van der Waals surface area contributed by atoms with E-state index in [1.165, 1.54) is 43.6 Å². The van der Waals surface area contributed by atoms with Gasteiger partial charge in [-0.1, -0.05) is 13.8 Å². The van der Waals surface area contributed by atoms with E-state index in [0.717, 1.165) is 0 Å². The Kier molecular flexibility index (Phi) is 9.46. The van der Waals surface area contributed by atoms with E-state index in [-0.39, 0.29) is 29.6 Å². The van der Waals surface area contributed by atoms with E-state index in [1.807, 2.05) is 13.8 Å². The maximum absolute atomic E-state index is 13.4. The van der Waals surface area contributed by atoms with Gasteiger partial charge < -0.3 is 29.4 Å². The Hall–Kier alpha value is -3.40. The standard InChI is InChI=1S/C26H33FN2O7/c1-15(2)14-34-21-7-5-6-19(29-25(31)22-23(30)20(33-4)12-13-28-22)26(32)35-16(3)24(21)36-18-10-8-17(27)9-11-18/h8-13,15-16,19,21,24,30H,5-7,14H2,1-4H3,(H,29,31)/t16-,19-,21-,24-/m0/s1. The molecule has 0 saturated carbocycles. The van der Waals surface area contributed by atoms with E-state index in [1.54, 1.807) is 6.92 Å². The lowest BCUT2D eigenvalue weighted by Gasteiger charge is -2.32. The van der Waals surface area contributed by atoms with Gasteiger partial charge in [0.15, 0.2) is 23.3 Å². The smallest absolute Gasteiger partial charge is 0.329 e. The lowest BCUT2D eigenvalue weighted by Crippen LogP contribution is -2.47. The van der Waals surface area contributed by atoms with Crippen LogP contribution >= 0.6 is 0 Å². The molecule has 9 nitrogen and oxygen atoms in total. The fraction of sp³-hybridized carbons (Fsp3) is 0.500. The highest BCUT2D eigenvalue weighted by Gasteiger charge is 2.37. The van der Waals surface area contributed by atoms with Crippen LogP contribution in [0.3, 0.4) is 0 Å². The lowest BCUT2D eigenvalue weighted by atomic mass is 10.0. The number of aromatic hydroxyl groups is 1. The summed E-state index contributed by atoms with van der Waals surface area (Å²) < 4.78 is 36.4. The van der Waals surface area contributed by atoms with E-state index in [2.05, 4.69) is 10.3 Å². The first kappa shape index (κ1) is 27.2. The summed E-state index contributed by atoms with van der Waals surface area (Å²) >= 11 is 0. The normalized spacial score (nSPS) is 22.7. The number of carbonyl (C=O) groups excluding carboxylic acids is 2. The molecule has 1 fully saturated rings. The highest BCUT2D eigenvalue weighted by atomic mass is 19.1. The molecule has 2 N–H and O–H groups in total. The Bertz CT molecular complexity index is 1030. The lowest BCUT2D eigenvalue weighted by molar-refractivity contribution is -0.159. The summed E-state index contributed by atoms with van der Waals surface area (Å²) in [6.07, 6.45) is 0.874. The molecule has 1 amide bonds. The number of aromatic nitrogens is 1. The molecule has 0 radical (unpaired) electrons. The third kappa shape index (κ3) is 7.07. The van der Waals surface area contributed by atoms with Crippen molar-refractivity contribution in [3.05, 3.63) is 48.0 Å². The number of nitrogens with one attached hydrogen (secondary N) is 1. The van der Waals surface area contributed by atoms with Crippen molar-refractivity contribution >= 4 is 11.9 Å². The van der Waals surface area contributed by atoms with Crippen LogP contribution in [0.25, 0.3) is 0 Å². The molecular formula is C26H33FN2O7. The van der Waals surface area contributed by atoms with Crippen molar-refractivity contribution in [3.8, 4) is 17.2 Å². The fourth-order valence-corrected chi connectivity index (χ4v) is 3.90. The number of halogens is 1. The van der Waals surface area contributed by atoms with Crippen LogP contribution in [0.2, 0.25) is 0 Å². The number of carbonyl (C=O) groups is 2. The first-order valence-corrected chi connectivity index (χ1v) is 12.0. The first-order chi connectivity index (χ1) is 17.2. The number of methoxy groups -OCH3 is 1. The Morgan fingerprint density at radius 3 is 2.64 bits per heavy atom. The van der Waals surface area contributed by atoms with Crippen LogP contribution in [0.5, 0.6) is 17.2 Å². The van der Waals surface area contributed by atoms with Gasteiger partial charge in [-0.05, 0) is 56.4 Å². The quantitative estimate of drug-likeness (QED) is 0.524. The Morgan fingerprint density at radius 2 is 1.97 bits per heavy atom. The summed E-state index contributed by atoms with van der Waals surface area (Å²) in [5.41, 5.74) is -0.259. The van der Waals surface area contributed by atoms with Gasteiger partial charge in [0.25, 0.3) is 5.91 Å². The Morgan fingerprint density at radius 1 is 1.25 bits per heavy atom. The molecule has 2 heterocycles. The fourth-order valence-electron chi connectivity index (χ4n) is 3.90. The van der Waals surface area contributed by atoms with Gasteiger partial charge in [-0.2, -0.15) is 0 Å². The summed E-state index contributed by atoms with van der Waals surface area (Å²) in [7, 11) is 1.36. The third-order valence-corrected chi connectivity index (χ3v) is 5.75. The molecule has 0 spiro atoms. The summed E-state index contributed by atoms with van der Waals surface area (Å²) in [4.78, 5) is 29.8. The number of hydrogen-bond donors (Lipinski definition) is 2. The maximum Gasteiger partial charge on any atom is 0.329 e. The van der Waals surface area contributed by atoms with Crippen LogP contribution in [0.1, 0.15) is 50.5 Å². The van der Waals surface area contributed by atoms with Crippen molar-refractivity contribution in [2.75, 3.05) is 13.7 Å². The molecule has 1 aromatic carbocycles. The molecular weight excluding hydrogens is 471 g/mol. The Labute approximate surface area is 209 Å². The average Bonchev–Trinajstić information content (AvgIpc) is 2.89. The first-order valence-electron chi connectivity index (χ1n) is 12.0. The molecule has 0 aliphatic carbocycles. The number of nitrogens with zero attached hydrogens (tertiary/aromatic N) is 1. The SMILES string of the molecule is COc1ccnc(C(=O)N[C@H]2CCC[C@H](OCC(C)C)[C@@H](Oc3ccc(F)cc3)[C@H](C)OC2=O)c1O. The van der Waals surface area contributed by atoms with Gasteiger partial charge in [0, 0.05) is 18.9 Å². The minimum Gasteiger partial charge on any atom is -0.503 e. The van der Waals surface area contributed by atoms with Gasteiger partial charge in [0.05, 0.1) is 13.2 Å². The summed E-state index contributed by atoms with van der Waals surface area (Å²) in [5, 5.41) is 12.9.